The van der Waals surface area contributed by atoms with Gasteiger partial charge in [0.05, 0.1) is 29.4 Å². The van der Waals surface area contributed by atoms with E-state index in [4.69, 9.17) is 4.74 Å². The number of halogens is 1. The number of likely N-dealkylation sites (tertiary alicyclic amines) is 1. The lowest BCUT2D eigenvalue weighted by molar-refractivity contribution is 0.171. The van der Waals surface area contributed by atoms with Crippen LogP contribution in [0.4, 0.5) is 0 Å². The van der Waals surface area contributed by atoms with E-state index < -0.39 is 0 Å². The molecule has 1 atom stereocenters. The Balaban J connectivity index is 0.00000241. The van der Waals surface area contributed by atoms with Crippen LogP contribution in [0.2, 0.25) is 0 Å². The summed E-state index contributed by atoms with van der Waals surface area (Å²) in [6.45, 7) is 4.83. The van der Waals surface area contributed by atoms with Crippen LogP contribution in [0, 0.1) is 0 Å². The van der Waals surface area contributed by atoms with Gasteiger partial charge in [0.15, 0.2) is 5.75 Å². The van der Waals surface area contributed by atoms with Gasteiger partial charge >= 0.3 is 0 Å². The number of hydrogen-bond donors (Lipinski definition) is 1. The maximum Gasteiger partial charge on any atom is 0.252 e. The Hall–Kier alpha value is -2.33. The first-order valence-corrected chi connectivity index (χ1v) is 12.6. The molecule has 1 fully saturated rings. The van der Waals surface area contributed by atoms with E-state index in [1.165, 1.54) is 4.90 Å². The lowest BCUT2D eigenvalue weighted by Crippen LogP contribution is -2.44. The second kappa shape index (κ2) is 9.73. The molecule has 3 aliphatic rings. The number of ether oxygens (including phenoxy) is 1. The summed E-state index contributed by atoms with van der Waals surface area (Å²) in [4.78, 5) is 33.2. The van der Waals surface area contributed by atoms with E-state index in [2.05, 4.69) is 21.3 Å². The van der Waals surface area contributed by atoms with Crippen LogP contribution in [0.5, 0.6) is 5.75 Å². The van der Waals surface area contributed by atoms with Crippen molar-refractivity contribution in [1.82, 2.24) is 24.3 Å². The molecule has 0 spiro atoms. The summed E-state index contributed by atoms with van der Waals surface area (Å²) in [6, 6.07) is 9.43. The van der Waals surface area contributed by atoms with Crippen molar-refractivity contribution in [3.63, 3.8) is 0 Å². The summed E-state index contributed by atoms with van der Waals surface area (Å²) in [7, 11) is 0. The van der Waals surface area contributed by atoms with E-state index in [0.717, 1.165) is 73.9 Å². The van der Waals surface area contributed by atoms with E-state index in [9.17, 15) is 9.59 Å². The van der Waals surface area contributed by atoms with Crippen LogP contribution in [-0.4, -0.2) is 57.1 Å². The number of rotatable bonds is 5. The summed E-state index contributed by atoms with van der Waals surface area (Å²) in [6.07, 6.45) is 3.96. The van der Waals surface area contributed by atoms with Crippen LogP contribution >= 0.6 is 24.2 Å². The van der Waals surface area contributed by atoms with Gasteiger partial charge < -0.3 is 15.0 Å². The molecule has 0 amide bonds. The first kappa shape index (κ1) is 23.4. The van der Waals surface area contributed by atoms with Gasteiger partial charge in [-0.1, -0.05) is 0 Å². The van der Waals surface area contributed by atoms with Crippen molar-refractivity contribution in [3.05, 3.63) is 62.9 Å². The Bertz CT molecular complexity index is 1310. The normalized spacial score (nSPS) is 20.1. The van der Waals surface area contributed by atoms with Crippen LogP contribution in [0.1, 0.15) is 24.6 Å². The molecule has 3 aromatic heterocycles. The number of nitrogens with one attached hydrogen (secondary N) is 1. The van der Waals surface area contributed by atoms with Crippen LogP contribution in [0.15, 0.2) is 51.0 Å². The number of piperidine rings is 1. The number of aromatic nitrogens is 3. The zero-order valence-corrected chi connectivity index (χ0v) is 20.4. The van der Waals surface area contributed by atoms with Gasteiger partial charge in [-0.15, -0.1) is 24.2 Å². The molecule has 180 valence electrons. The van der Waals surface area contributed by atoms with Crippen molar-refractivity contribution in [3.8, 4) is 5.75 Å². The largest absolute Gasteiger partial charge is 0.490 e. The smallest absolute Gasteiger partial charge is 0.252 e. The van der Waals surface area contributed by atoms with E-state index in [-0.39, 0.29) is 29.6 Å². The number of nitrogens with zero attached hydrogens (tertiary/aromatic N) is 4. The summed E-state index contributed by atoms with van der Waals surface area (Å²) >= 11 is 1.83. The molecule has 0 radical (unpaired) electrons. The van der Waals surface area contributed by atoms with E-state index in [1.54, 1.807) is 16.7 Å². The van der Waals surface area contributed by atoms with Gasteiger partial charge in [-0.3, -0.25) is 23.7 Å². The molecule has 3 aromatic rings. The van der Waals surface area contributed by atoms with Crippen molar-refractivity contribution < 1.29 is 4.74 Å². The molecular formula is C24H28ClN5O3S. The zero-order valence-electron chi connectivity index (χ0n) is 18.8. The fourth-order valence-corrected chi connectivity index (χ4v) is 6.10. The molecular weight excluding hydrogens is 474 g/mol. The van der Waals surface area contributed by atoms with Gasteiger partial charge in [-0.05, 0) is 44.1 Å². The second-order valence-electron chi connectivity index (χ2n) is 9.03. The Morgan fingerprint density at radius 3 is 2.74 bits per heavy atom. The van der Waals surface area contributed by atoms with E-state index >= 15 is 0 Å². The predicted octanol–water partition coefficient (Wildman–Crippen LogP) is 2.27. The standard InChI is InChI=1S/C24H27N5O3S.ClH/c30-22-3-1-16-2-4-23(31)29-19(15-28(22)24(16)29)14-27-7-5-17(6-8-27)25-12-18-11-21-20(13-26-18)32-9-10-33-21;/h1-4,11,13,17,19,25H,5-10,12,14-15H2;1H. The molecule has 1 saturated heterocycles. The van der Waals surface area contributed by atoms with Crippen molar-refractivity contribution in [2.45, 2.75) is 42.9 Å². The van der Waals surface area contributed by atoms with Crippen molar-refractivity contribution >= 4 is 35.2 Å². The highest BCUT2D eigenvalue weighted by Crippen LogP contribution is 2.32. The third kappa shape index (κ3) is 4.37. The summed E-state index contributed by atoms with van der Waals surface area (Å²) in [5.41, 5.74) is 1.75. The first-order valence-electron chi connectivity index (χ1n) is 11.6. The SMILES string of the molecule is Cl.O=c1ccc2ccc(=O)n3c2n1CC3CN1CCC(NCc2cc3c(cn2)OCCS3)CC1. The highest BCUT2D eigenvalue weighted by molar-refractivity contribution is 7.99. The molecule has 6 rings (SSSR count). The summed E-state index contributed by atoms with van der Waals surface area (Å²) in [5, 5.41) is 4.61. The molecule has 10 heteroatoms. The number of pyridine rings is 3. The number of thioether (sulfide) groups is 1. The third-order valence-electron chi connectivity index (χ3n) is 6.93. The van der Waals surface area contributed by atoms with Crippen LogP contribution in [0.25, 0.3) is 11.0 Å². The molecule has 8 nitrogen and oxygen atoms in total. The van der Waals surface area contributed by atoms with E-state index in [1.807, 2.05) is 34.7 Å². The molecule has 3 aliphatic heterocycles. The Morgan fingerprint density at radius 1 is 1.12 bits per heavy atom. The maximum atomic E-state index is 12.6. The maximum absolute atomic E-state index is 12.6. The zero-order chi connectivity index (χ0) is 22.4. The van der Waals surface area contributed by atoms with Gasteiger partial charge in [0.25, 0.3) is 11.1 Å². The third-order valence-corrected chi connectivity index (χ3v) is 7.93. The summed E-state index contributed by atoms with van der Waals surface area (Å²) < 4.78 is 9.22. The van der Waals surface area contributed by atoms with Crippen LogP contribution < -0.4 is 21.2 Å². The minimum atomic E-state index is -0.0343. The lowest BCUT2D eigenvalue weighted by atomic mass is 10.0. The minimum absolute atomic E-state index is 0. The molecule has 0 saturated carbocycles. The van der Waals surface area contributed by atoms with Crippen molar-refractivity contribution in [1.29, 1.82) is 0 Å². The summed E-state index contributed by atoms with van der Waals surface area (Å²) in [5.74, 6) is 1.89. The van der Waals surface area contributed by atoms with Crippen molar-refractivity contribution in [2.75, 3.05) is 32.0 Å². The van der Waals surface area contributed by atoms with Gasteiger partial charge in [-0.25, -0.2) is 0 Å². The van der Waals surface area contributed by atoms with Gasteiger partial charge in [0, 0.05) is 48.9 Å². The monoisotopic (exact) mass is 501 g/mol. The molecule has 6 heterocycles. The Kier molecular flexibility index (Phi) is 6.70. The van der Waals surface area contributed by atoms with E-state index in [0.29, 0.717) is 12.6 Å². The molecule has 0 bridgehead atoms. The van der Waals surface area contributed by atoms with Crippen LogP contribution in [-0.2, 0) is 13.1 Å². The molecule has 1 unspecified atom stereocenters. The fraction of sp³-hybridized carbons (Fsp3) is 0.458. The van der Waals surface area contributed by atoms with Gasteiger partial charge in [0.2, 0.25) is 0 Å². The Labute approximate surface area is 207 Å². The average molecular weight is 502 g/mol. The topological polar surface area (TPSA) is 81.4 Å². The minimum Gasteiger partial charge on any atom is -0.490 e. The highest BCUT2D eigenvalue weighted by atomic mass is 35.5. The Morgan fingerprint density at radius 2 is 1.91 bits per heavy atom. The highest BCUT2D eigenvalue weighted by Gasteiger charge is 2.29. The van der Waals surface area contributed by atoms with Crippen molar-refractivity contribution in [2.24, 2.45) is 0 Å². The number of hydrogen-bond acceptors (Lipinski definition) is 7. The fourth-order valence-electron chi connectivity index (χ4n) is 5.24. The van der Waals surface area contributed by atoms with Gasteiger partial charge in [-0.2, -0.15) is 0 Å². The number of fused-ring (bicyclic) bond motifs is 1. The molecule has 0 aliphatic carbocycles. The van der Waals surface area contributed by atoms with Crippen LogP contribution in [0.3, 0.4) is 0 Å². The molecule has 34 heavy (non-hydrogen) atoms. The predicted molar refractivity (Wildman–Crippen MR) is 136 cm³/mol. The quantitative estimate of drug-likeness (QED) is 0.574. The molecule has 1 N–H and O–H groups in total. The first-order chi connectivity index (χ1) is 16.2. The molecule has 0 aromatic carbocycles. The van der Waals surface area contributed by atoms with Gasteiger partial charge in [0.1, 0.15) is 5.65 Å². The second-order valence-corrected chi connectivity index (χ2v) is 10.2. The average Bonchev–Trinajstić information content (AvgIpc) is 3.23. The lowest BCUT2D eigenvalue weighted by Gasteiger charge is -2.34.